The first-order chi connectivity index (χ1) is 14.2. The molecule has 4 rings (SSSR count). The van der Waals surface area contributed by atoms with Crippen molar-refractivity contribution in [3.63, 3.8) is 0 Å². The zero-order valence-corrected chi connectivity index (χ0v) is 16.8. The number of fused-ring (bicyclic) bond motifs is 1. The van der Waals surface area contributed by atoms with E-state index in [1.54, 1.807) is 29.2 Å². The standard InChI is InChI=1S/C20H18ClF3N4O2/c1-12-2-4-13(5-3-12)14-10-16(20(22,23)24)28-19(25-14)18(21)15(26-28)11-17(29)27-6-8-30-9-7-27/h2-5,10H,6-9,11H2,1H3. The highest BCUT2D eigenvalue weighted by Gasteiger charge is 2.36. The summed E-state index contributed by atoms with van der Waals surface area (Å²) in [6, 6.07) is 7.91. The van der Waals surface area contributed by atoms with Crippen LogP contribution in [0.5, 0.6) is 0 Å². The number of amides is 1. The van der Waals surface area contributed by atoms with Crippen molar-refractivity contribution >= 4 is 23.2 Å². The van der Waals surface area contributed by atoms with E-state index in [1.165, 1.54) is 0 Å². The second kappa shape index (κ2) is 7.88. The molecule has 0 N–H and O–H groups in total. The van der Waals surface area contributed by atoms with Crippen LogP contribution in [0.3, 0.4) is 0 Å². The van der Waals surface area contributed by atoms with Crippen molar-refractivity contribution in [2.24, 2.45) is 0 Å². The Hall–Kier alpha value is -2.65. The first kappa shape index (κ1) is 20.6. The number of ether oxygens (including phenoxy) is 1. The molecular weight excluding hydrogens is 421 g/mol. The Labute approximate surface area is 175 Å². The summed E-state index contributed by atoms with van der Waals surface area (Å²) < 4.78 is 47.1. The molecule has 1 aliphatic rings. The molecule has 2 aromatic heterocycles. The van der Waals surface area contributed by atoms with Gasteiger partial charge in [0.15, 0.2) is 11.3 Å². The Kier molecular flexibility index (Phi) is 5.42. The molecule has 0 spiro atoms. The van der Waals surface area contributed by atoms with Gasteiger partial charge in [-0.3, -0.25) is 4.79 Å². The topological polar surface area (TPSA) is 59.7 Å². The van der Waals surface area contributed by atoms with E-state index >= 15 is 0 Å². The predicted molar refractivity (Wildman–Crippen MR) is 104 cm³/mol. The minimum Gasteiger partial charge on any atom is -0.378 e. The Bertz CT molecular complexity index is 1090. The largest absolute Gasteiger partial charge is 0.433 e. The maximum atomic E-state index is 13.8. The van der Waals surface area contributed by atoms with Gasteiger partial charge in [-0.15, -0.1) is 0 Å². The van der Waals surface area contributed by atoms with Gasteiger partial charge in [-0.1, -0.05) is 41.4 Å². The first-order valence-electron chi connectivity index (χ1n) is 9.32. The first-order valence-corrected chi connectivity index (χ1v) is 9.70. The van der Waals surface area contributed by atoms with Gasteiger partial charge in [-0.05, 0) is 13.0 Å². The van der Waals surface area contributed by atoms with Crippen molar-refractivity contribution in [1.82, 2.24) is 19.5 Å². The van der Waals surface area contributed by atoms with Gasteiger partial charge in [0.2, 0.25) is 5.91 Å². The SMILES string of the molecule is Cc1ccc(-c2cc(C(F)(F)F)n3nc(CC(=O)N4CCOCC4)c(Cl)c3n2)cc1. The van der Waals surface area contributed by atoms with Crippen molar-refractivity contribution in [3.8, 4) is 11.3 Å². The minimum absolute atomic E-state index is 0.0592. The van der Waals surface area contributed by atoms with Gasteiger partial charge in [0.25, 0.3) is 0 Å². The highest BCUT2D eigenvalue weighted by Crippen LogP contribution is 2.34. The number of rotatable bonds is 3. The number of hydrogen-bond donors (Lipinski definition) is 0. The van der Waals surface area contributed by atoms with Gasteiger partial charge in [-0.2, -0.15) is 18.3 Å². The smallest absolute Gasteiger partial charge is 0.378 e. The molecule has 158 valence electrons. The number of carbonyl (C=O) groups excluding carboxylic acids is 1. The molecule has 1 aliphatic heterocycles. The van der Waals surface area contributed by atoms with Crippen LogP contribution < -0.4 is 0 Å². The van der Waals surface area contributed by atoms with E-state index in [0.29, 0.717) is 36.4 Å². The number of nitrogens with zero attached hydrogens (tertiary/aromatic N) is 4. The van der Waals surface area contributed by atoms with Gasteiger partial charge < -0.3 is 9.64 Å². The number of morpholine rings is 1. The van der Waals surface area contributed by atoms with E-state index < -0.39 is 11.9 Å². The molecule has 1 saturated heterocycles. The van der Waals surface area contributed by atoms with E-state index in [1.807, 2.05) is 6.92 Å². The maximum Gasteiger partial charge on any atom is 0.433 e. The lowest BCUT2D eigenvalue weighted by atomic mass is 10.1. The lowest BCUT2D eigenvalue weighted by Crippen LogP contribution is -2.41. The number of aryl methyl sites for hydroxylation is 1. The van der Waals surface area contributed by atoms with Crippen molar-refractivity contribution in [1.29, 1.82) is 0 Å². The number of hydrogen-bond acceptors (Lipinski definition) is 4. The molecular formula is C20H18ClF3N4O2. The van der Waals surface area contributed by atoms with Crippen LogP contribution in [0.4, 0.5) is 13.2 Å². The highest BCUT2D eigenvalue weighted by atomic mass is 35.5. The van der Waals surface area contributed by atoms with Crippen LogP contribution in [-0.2, 0) is 22.1 Å². The van der Waals surface area contributed by atoms with Crippen molar-refractivity contribution in [3.05, 3.63) is 52.3 Å². The fourth-order valence-corrected chi connectivity index (χ4v) is 3.52. The van der Waals surface area contributed by atoms with Crippen molar-refractivity contribution in [2.75, 3.05) is 26.3 Å². The molecule has 3 aromatic rings. The molecule has 1 fully saturated rings. The summed E-state index contributed by atoms with van der Waals surface area (Å²) in [4.78, 5) is 18.4. The summed E-state index contributed by atoms with van der Waals surface area (Å²) in [7, 11) is 0. The number of benzene rings is 1. The lowest BCUT2D eigenvalue weighted by Gasteiger charge is -2.26. The second-order valence-electron chi connectivity index (χ2n) is 7.06. The molecule has 0 unspecified atom stereocenters. The summed E-state index contributed by atoms with van der Waals surface area (Å²) in [5.41, 5.74) is 0.552. The summed E-state index contributed by atoms with van der Waals surface area (Å²) in [5.74, 6) is -0.268. The average Bonchev–Trinajstić information content (AvgIpc) is 3.03. The van der Waals surface area contributed by atoms with Gasteiger partial charge in [0, 0.05) is 18.7 Å². The van der Waals surface area contributed by atoms with Gasteiger partial charge in [0.05, 0.1) is 31.0 Å². The Morgan fingerprint density at radius 3 is 2.50 bits per heavy atom. The molecule has 1 aromatic carbocycles. The fourth-order valence-electron chi connectivity index (χ4n) is 3.29. The zero-order chi connectivity index (χ0) is 21.5. The minimum atomic E-state index is -4.68. The number of halogens is 4. The van der Waals surface area contributed by atoms with Crippen LogP contribution in [-0.4, -0.2) is 51.7 Å². The van der Waals surface area contributed by atoms with Crippen molar-refractivity contribution < 1.29 is 22.7 Å². The Morgan fingerprint density at radius 1 is 1.20 bits per heavy atom. The third-order valence-electron chi connectivity index (χ3n) is 4.92. The quantitative estimate of drug-likeness (QED) is 0.624. The second-order valence-corrected chi connectivity index (χ2v) is 7.43. The molecule has 0 aliphatic carbocycles. The third kappa shape index (κ3) is 3.99. The molecule has 3 heterocycles. The Balaban J connectivity index is 1.78. The molecule has 1 amide bonds. The zero-order valence-electron chi connectivity index (χ0n) is 16.0. The normalized spacial score (nSPS) is 15.0. The molecule has 0 atom stereocenters. The van der Waals surface area contributed by atoms with E-state index in [0.717, 1.165) is 11.6 Å². The number of alkyl halides is 3. The van der Waals surface area contributed by atoms with Gasteiger partial charge >= 0.3 is 6.18 Å². The van der Waals surface area contributed by atoms with Gasteiger partial charge in [0.1, 0.15) is 5.02 Å². The van der Waals surface area contributed by atoms with E-state index in [4.69, 9.17) is 16.3 Å². The Morgan fingerprint density at radius 2 is 1.87 bits per heavy atom. The predicted octanol–water partition coefficient (Wildman–Crippen LogP) is 3.78. The maximum absolute atomic E-state index is 13.8. The average molecular weight is 439 g/mol. The number of aromatic nitrogens is 3. The molecule has 0 bridgehead atoms. The summed E-state index contributed by atoms with van der Waals surface area (Å²) in [6.45, 7) is 3.57. The third-order valence-corrected chi connectivity index (χ3v) is 5.31. The van der Waals surface area contributed by atoms with Crippen LogP contribution in [0.1, 0.15) is 17.0 Å². The van der Waals surface area contributed by atoms with E-state index in [9.17, 15) is 18.0 Å². The fraction of sp³-hybridized carbons (Fsp3) is 0.350. The van der Waals surface area contributed by atoms with Crippen LogP contribution in [0.2, 0.25) is 5.02 Å². The molecule has 30 heavy (non-hydrogen) atoms. The lowest BCUT2D eigenvalue weighted by molar-refractivity contribution is -0.142. The van der Waals surface area contributed by atoms with Crippen LogP contribution in [0.15, 0.2) is 30.3 Å². The van der Waals surface area contributed by atoms with Crippen LogP contribution in [0.25, 0.3) is 16.9 Å². The monoisotopic (exact) mass is 438 g/mol. The summed E-state index contributed by atoms with van der Waals surface area (Å²) in [6.07, 6.45) is -4.89. The van der Waals surface area contributed by atoms with Crippen LogP contribution in [0, 0.1) is 6.92 Å². The molecule has 10 heteroatoms. The molecule has 0 radical (unpaired) electrons. The van der Waals surface area contributed by atoms with Crippen LogP contribution >= 0.6 is 11.6 Å². The van der Waals surface area contributed by atoms with Gasteiger partial charge in [-0.25, -0.2) is 9.50 Å². The number of carbonyl (C=O) groups is 1. The molecule has 6 nitrogen and oxygen atoms in total. The summed E-state index contributed by atoms with van der Waals surface area (Å²) in [5, 5.41) is 3.93. The highest BCUT2D eigenvalue weighted by molar-refractivity contribution is 6.34. The molecule has 0 saturated carbocycles. The van der Waals surface area contributed by atoms with E-state index in [-0.39, 0.29) is 34.4 Å². The summed E-state index contributed by atoms with van der Waals surface area (Å²) >= 11 is 6.34. The van der Waals surface area contributed by atoms with E-state index in [2.05, 4.69) is 10.1 Å². The van der Waals surface area contributed by atoms with Crippen molar-refractivity contribution in [2.45, 2.75) is 19.5 Å².